The van der Waals surface area contributed by atoms with E-state index < -0.39 is 6.23 Å². The molecule has 1 atom stereocenters. The van der Waals surface area contributed by atoms with Gasteiger partial charge in [0.1, 0.15) is 12.0 Å². The van der Waals surface area contributed by atoms with E-state index in [1.807, 2.05) is 36.2 Å². The molecule has 0 aromatic heterocycles. The van der Waals surface area contributed by atoms with Crippen LogP contribution in [0.4, 0.5) is 5.69 Å². The van der Waals surface area contributed by atoms with Gasteiger partial charge in [-0.25, -0.2) is 0 Å². The molecule has 1 unspecified atom stereocenters. The minimum Gasteiger partial charge on any atom is -0.497 e. The van der Waals surface area contributed by atoms with Crippen molar-refractivity contribution in [3.8, 4) is 5.75 Å². The molecule has 1 aliphatic heterocycles. The lowest BCUT2D eigenvalue weighted by Gasteiger charge is -2.28. The van der Waals surface area contributed by atoms with E-state index in [-0.39, 0.29) is 0 Å². The fourth-order valence-electron chi connectivity index (χ4n) is 1.58. The summed E-state index contributed by atoms with van der Waals surface area (Å²) in [6, 6.07) is 5.79. The quantitative estimate of drug-likeness (QED) is 0.729. The van der Waals surface area contributed by atoms with Crippen LogP contribution in [0.5, 0.6) is 5.75 Å². The van der Waals surface area contributed by atoms with Crippen molar-refractivity contribution in [2.75, 3.05) is 19.1 Å². The maximum absolute atomic E-state index is 9.56. The zero-order valence-corrected chi connectivity index (χ0v) is 8.27. The Kier molecular flexibility index (Phi) is 2.17. The van der Waals surface area contributed by atoms with Crippen LogP contribution < -0.4 is 9.64 Å². The molecule has 1 N–H and O–H groups in total. The average Bonchev–Trinajstić information content (AvgIpc) is 2.23. The molecule has 0 aliphatic carbocycles. The van der Waals surface area contributed by atoms with Gasteiger partial charge in [0.25, 0.3) is 0 Å². The number of benzene rings is 1. The number of methoxy groups -OCH3 is 1. The SMILES string of the molecule is COc1ccc2c(c1)C=CC(O)N2C. The first-order valence-corrected chi connectivity index (χ1v) is 4.49. The number of anilines is 1. The number of likely N-dealkylation sites (N-methyl/N-ethyl adjacent to an activating group) is 1. The minimum absolute atomic E-state index is 0.532. The Bertz CT molecular complexity index is 374. The molecule has 3 heteroatoms. The number of ether oxygens (including phenoxy) is 1. The first-order chi connectivity index (χ1) is 6.72. The summed E-state index contributed by atoms with van der Waals surface area (Å²) < 4.78 is 5.13. The lowest BCUT2D eigenvalue weighted by Crippen LogP contribution is -2.31. The summed E-state index contributed by atoms with van der Waals surface area (Å²) in [7, 11) is 3.51. The Hall–Kier alpha value is -1.48. The van der Waals surface area contributed by atoms with Gasteiger partial charge >= 0.3 is 0 Å². The van der Waals surface area contributed by atoms with Crippen molar-refractivity contribution >= 4 is 11.8 Å². The highest BCUT2D eigenvalue weighted by molar-refractivity contribution is 5.72. The maximum atomic E-state index is 9.56. The van der Waals surface area contributed by atoms with Gasteiger partial charge < -0.3 is 14.7 Å². The lowest BCUT2D eigenvalue weighted by atomic mass is 10.1. The number of hydrogen-bond acceptors (Lipinski definition) is 3. The second-order valence-electron chi connectivity index (χ2n) is 3.31. The van der Waals surface area contributed by atoms with Crippen molar-refractivity contribution in [3.63, 3.8) is 0 Å². The lowest BCUT2D eigenvalue weighted by molar-refractivity contribution is 0.223. The van der Waals surface area contributed by atoms with Gasteiger partial charge in [0.05, 0.1) is 7.11 Å². The highest BCUT2D eigenvalue weighted by Gasteiger charge is 2.16. The molecule has 1 heterocycles. The van der Waals surface area contributed by atoms with Gasteiger partial charge in [0, 0.05) is 18.3 Å². The summed E-state index contributed by atoms with van der Waals surface area (Å²) in [5.41, 5.74) is 2.08. The van der Waals surface area contributed by atoms with E-state index in [0.29, 0.717) is 0 Å². The van der Waals surface area contributed by atoms with Crippen LogP contribution >= 0.6 is 0 Å². The van der Waals surface area contributed by atoms with E-state index in [9.17, 15) is 5.11 Å². The molecule has 0 amide bonds. The molecule has 0 fully saturated rings. The largest absolute Gasteiger partial charge is 0.497 e. The number of nitrogens with zero attached hydrogens (tertiary/aromatic N) is 1. The number of rotatable bonds is 1. The molecule has 0 radical (unpaired) electrons. The van der Waals surface area contributed by atoms with Crippen molar-refractivity contribution in [3.05, 3.63) is 29.8 Å². The first-order valence-electron chi connectivity index (χ1n) is 4.49. The summed E-state index contributed by atoms with van der Waals surface area (Å²) in [4.78, 5) is 1.81. The second kappa shape index (κ2) is 3.35. The van der Waals surface area contributed by atoms with Crippen molar-refractivity contribution in [2.24, 2.45) is 0 Å². The molecule has 3 nitrogen and oxygen atoms in total. The summed E-state index contributed by atoms with van der Waals surface area (Å²) in [5, 5.41) is 9.56. The van der Waals surface area contributed by atoms with Crippen LogP contribution in [0, 0.1) is 0 Å². The fraction of sp³-hybridized carbons (Fsp3) is 0.273. The van der Waals surface area contributed by atoms with Crippen LogP contribution in [0.3, 0.4) is 0 Å². The predicted octanol–water partition coefficient (Wildman–Crippen LogP) is 1.48. The molecular weight excluding hydrogens is 178 g/mol. The van der Waals surface area contributed by atoms with Crippen LogP contribution in [0.1, 0.15) is 5.56 Å². The first kappa shape index (κ1) is 9.09. The normalized spacial score (nSPS) is 19.4. The van der Waals surface area contributed by atoms with E-state index in [1.165, 1.54) is 0 Å². The maximum Gasteiger partial charge on any atom is 0.146 e. The zero-order chi connectivity index (χ0) is 10.1. The fourth-order valence-corrected chi connectivity index (χ4v) is 1.58. The van der Waals surface area contributed by atoms with Gasteiger partial charge in [-0.3, -0.25) is 0 Å². The molecule has 1 aliphatic rings. The molecule has 0 saturated heterocycles. The molecule has 0 saturated carbocycles. The van der Waals surface area contributed by atoms with Crippen LogP contribution in [-0.2, 0) is 0 Å². The Balaban J connectivity index is 2.46. The molecule has 74 valence electrons. The van der Waals surface area contributed by atoms with Crippen molar-refractivity contribution < 1.29 is 9.84 Å². The van der Waals surface area contributed by atoms with E-state index in [1.54, 1.807) is 13.2 Å². The minimum atomic E-state index is -0.532. The molecule has 0 spiro atoms. The van der Waals surface area contributed by atoms with Crippen molar-refractivity contribution in [1.29, 1.82) is 0 Å². The average molecular weight is 191 g/mol. The number of aliphatic hydroxyl groups excluding tert-OH is 1. The van der Waals surface area contributed by atoms with Crippen molar-refractivity contribution in [2.45, 2.75) is 6.23 Å². The summed E-state index contributed by atoms with van der Waals surface area (Å²) in [6.45, 7) is 0. The Morgan fingerprint density at radius 1 is 1.43 bits per heavy atom. The van der Waals surface area contributed by atoms with Crippen LogP contribution in [-0.4, -0.2) is 25.5 Å². The van der Waals surface area contributed by atoms with E-state index >= 15 is 0 Å². The molecule has 2 rings (SSSR count). The molecular formula is C11H13NO2. The van der Waals surface area contributed by atoms with Gasteiger partial charge in [0.15, 0.2) is 0 Å². The Morgan fingerprint density at radius 3 is 2.93 bits per heavy atom. The monoisotopic (exact) mass is 191 g/mol. The predicted molar refractivity (Wildman–Crippen MR) is 56.4 cm³/mol. The second-order valence-corrected chi connectivity index (χ2v) is 3.31. The van der Waals surface area contributed by atoms with Gasteiger partial charge in [-0.1, -0.05) is 6.08 Å². The molecule has 0 bridgehead atoms. The highest BCUT2D eigenvalue weighted by atomic mass is 16.5. The van der Waals surface area contributed by atoms with Crippen LogP contribution in [0.15, 0.2) is 24.3 Å². The Labute approximate surface area is 83.2 Å². The standard InChI is InChI=1S/C11H13NO2/c1-12-10-5-4-9(14-2)7-8(10)3-6-11(12)13/h3-7,11,13H,1-2H3. The topological polar surface area (TPSA) is 32.7 Å². The molecule has 14 heavy (non-hydrogen) atoms. The van der Waals surface area contributed by atoms with Crippen LogP contribution in [0.25, 0.3) is 6.08 Å². The smallest absolute Gasteiger partial charge is 0.146 e. The van der Waals surface area contributed by atoms with E-state index in [0.717, 1.165) is 17.0 Å². The third-order valence-corrected chi connectivity index (χ3v) is 2.46. The van der Waals surface area contributed by atoms with Crippen molar-refractivity contribution in [1.82, 2.24) is 0 Å². The summed E-state index contributed by atoms with van der Waals surface area (Å²) >= 11 is 0. The van der Waals surface area contributed by atoms with Crippen LogP contribution in [0.2, 0.25) is 0 Å². The third kappa shape index (κ3) is 1.36. The Morgan fingerprint density at radius 2 is 2.21 bits per heavy atom. The van der Waals surface area contributed by atoms with Gasteiger partial charge in [0.2, 0.25) is 0 Å². The number of hydrogen-bond donors (Lipinski definition) is 1. The number of aliphatic hydroxyl groups is 1. The number of fused-ring (bicyclic) bond motifs is 1. The molecule has 1 aromatic carbocycles. The van der Waals surface area contributed by atoms with E-state index in [2.05, 4.69) is 0 Å². The third-order valence-electron chi connectivity index (χ3n) is 2.46. The van der Waals surface area contributed by atoms with E-state index in [4.69, 9.17) is 4.74 Å². The summed E-state index contributed by atoms with van der Waals surface area (Å²) in [5.74, 6) is 0.832. The van der Waals surface area contributed by atoms with Gasteiger partial charge in [-0.15, -0.1) is 0 Å². The van der Waals surface area contributed by atoms with Gasteiger partial charge in [-0.2, -0.15) is 0 Å². The van der Waals surface area contributed by atoms with Gasteiger partial charge in [-0.05, 0) is 24.3 Å². The summed E-state index contributed by atoms with van der Waals surface area (Å²) in [6.07, 6.45) is 3.13. The highest BCUT2D eigenvalue weighted by Crippen LogP contribution is 2.30. The zero-order valence-electron chi connectivity index (χ0n) is 8.27. The molecule has 1 aromatic rings.